The Morgan fingerprint density at radius 1 is 1.57 bits per heavy atom. The Hall–Kier alpha value is 0.300. The molecule has 0 saturated carbocycles. The van der Waals surface area contributed by atoms with Crippen LogP contribution in [0.25, 0.3) is 0 Å². The average Bonchev–Trinajstić information content (AvgIpc) is 1.61. The number of hydrogen-bond donors (Lipinski definition) is 0. The van der Waals surface area contributed by atoms with Crippen molar-refractivity contribution in [2.45, 2.75) is 26.2 Å². The predicted molar refractivity (Wildman–Crippen MR) is 26.7 cm³/mol. The molecule has 0 saturated heterocycles. The number of rotatable bonds is 2. The molecule has 0 heterocycles. The molecule has 0 aliphatic carbocycles. The third kappa shape index (κ3) is 10.7. The van der Waals surface area contributed by atoms with Crippen LogP contribution in [0.2, 0.25) is 0 Å². The molecule has 1 heteroatoms. The van der Waals surface area contributed by atoms with Gasteiger partial charge in [-0.1, -0.05) is 13.3 Å². The second kappa shape index (κ2) is 9.57. The Bertz CT molecular complexity index is 51.7. The molecule has 0 aliphatic rings. The largest absolute Gasteiger partial charge is 1.00 e. The van der Waals surface area contributed by atoms with E-state index in [9.17, 15) is 0 Å². The third-order valence-electron chi connectivity index (χ3n) is 0.655. The summed E-state index contributed by atoms with van der Waals surface area (Å²) < 4.78 is 0. The van der Waals surface area contributed by atoms with Crippen molar-refractivity contribution in [3.63, 3.8) is 0 Å². The van der Waals surface area contributed by atoms with Crippen molar-refractivity contribution in [1.29, 1.82) is 0 Å². The van der Waals surface area contributed by atoms with Crippen LogP contribution in [0, 0.1) is 12.3 Å². The van der Waals surface area contributed by atoms with Gasteiger partial charge < -0.3 is 12.3 Å². The summed E-state index contributed by atoms with van der Waals surface area (Å²) >= 11 is 0. The Balaban J connectivity index is 0. The molecule has 44 valence electrons. The first-order valence-corrected chi connectivity index (χ1v) is 2.31. The summed E-state index contributed by atoms with van der Waals surface area (Å²) in [5.74, 6) is 2.32. The van der Waals surface area contributed by atoms with Gasteiger partial charge in [0.1, 0.15) is 0 Å². The maximum absolute atomic E-state index is 6.46. The van der Waals surface area contributed by atoms with Crippen molar-refractivity contribution in [3.05, 3.63) is 6.42 Å². The van der Waals surface area contributed by atoms with E-state index in [1.807, 2.05) is 0 Å². The van der Waals surface area contributed by atoms with Crippen LogP contribution in [-0.2, 0) is 22.4 Å². The first-order valence-electron chi connectivity index (χ1n) is 2.31. The van der Waals surface area contributed by atoms with E-state index < -0.39 is 0 Å². The Morgan fingerprint density at radius 3 is 2.29 bits per heavy atom. The monoisotopic (exact) mass is 278 g/mol. The van der Waals surface area contributed by atoms with Gasteiger partial charge in [0.05, 0.1) is 0 Å². The van der Waals surface area contributed by atoms with Gasteiger partial charge in [0, 0.05) is 0 Å². The number of hydrogen-bond acceptors (Lipinski definition) is 0. The molecule has 0 spiro atoms. The molecular weight excluding hydrogens is 269 g/mol. The summed E-state index contributed by atoms with van der Waals surface area (Å²) in [5.41, 5.74) is 0. The predicted octanol–water partition coefficient (Wildman–Crippen LogP) is 1.76. The van der Waals surface area contributed by atoms with Gasteiger partial charge in [0.15, 0.2) is 0 Å². The number of unbranched alkanes of at least 4 members (excludes halogenated alkanes) is 2. The maximum atomic E-state index is 6.46. The van der Waals surface area contributed by atoms with E-state index in [1.54, 1.807) is 0 Å². The summed E-state index contributed by atoms with van der Waals surface area (Å²) in [6, 6.07) is 0. The molecule has 0 aliphatic heterocycles. The standard InChI is InChI=1S/C6H9.Au/c1-3-5-6-4-2;/h3,5-6H2,1H3;/q-1;+1. The van der Waals surface area contributed by atoms with Crippen molar-refractivity contribution in [3.8, 4) is 5.92 Å². The quantitative estimate of drug-likeness (QED) is 0.312. The Morgan fingerprint density at radius 2 is 2.14 bits per heavy atom. The minimum Gasteiger partial charge on any atom is -0.694 e. The fraction of sp³-hybridized carbons (Fsp3) is 0.667. The Labute approximate surface area is 61.2 Å². The smallest absolute Gasteiger partial charge is 0.694 e. The van der Waals surface area contributed by atoms with Crippen molar-refractivity contribution in [1.82, 2.24) is 0 Å². The SMILES string of the molecule is [Au+].[C-]#CCCCC. The molecule has 0 aromatic carbocycles. The van der Waals surface area contributed by atoms with Gasteiger partial charge in [-0.3, -0.25) is 0 Å². The summed E-state index contributed by atoms with van der Waals surface area (Å²) in [6.07, 6.45) is 9.57. The van der Waals surface area contributed by atoms with Crippen LogP contribution in [-0.4, -0.2) is 0 Å². The van der Waals surface area contributed by atoms with Crippen molar-refractivity contribution in [2.24, 2.45) is 0 Å². The third-order valence-corrected chi connectivity index (χ3v) is 0.655. The van der Waals surface area contributed by atoms with Crippen LogP contribution < -0.4 is 0 Å². The molecule has 0 N–H and O–H groups in total. The summed E-state index contributed by atoms with van der Waals surface area (Å²) in [6.45, 7) is 2.11. The Kier molecular flexibility index (Phi) is 14.1. The van der Waals surface area contributed by atoms with Crippen molar-refractivity contribution < 1.29 is 22.4 Å². The van der Waals surface area contributed by atoms with Gasteiger partial charge in [-0.2, -0.15) is 0 Å². The van der Waals surface area contributed by atoms with E-state index in [0.29, 0.717) is 0 Å². The van der Waals surface area contributed by atoms with Crippen LogP contribution >= 0.6 is 0 Å². The second-order valence-corrected chi connectivity index (χ2v) is 1.28. The molecule has 7 heavy (non-hydrogen) atoms. The molecular formula is C6H9Au. The topological polar surface area (TPSA) is 0 Å². The van der Waals surface area contributed by atoms with E-state index >= 15 is 0 Å². The minimum atomic E-state index is 0. The normalized spacial score (nSPS) is 6.29. The van der Waals surface area contributed by atoms with E-state index in [2.05, 4.69) is 12.8 Å². The van der Waals surface area contributed by atoms with Crippen LogP contribution in [0.5, 0.6) is 0 Å². The van der Waals surface area contributed by atoms with Gasteiger partial charge in [0.25, 0.3) is 0 Å². The van der Waals surface area contributed by atoms with Crippen molar-refractivity contribution >= 4 is 0 Å². The molecule has 0 aromatic rings. The molecule has 0 unspecified atom stereocenters. The molecule has 0 aromatic heterocycles. The summed E-state index contributed by atoms with van der Waals surface area (Å²) in [7, 11) is 0. The van der Waals surface area contributed by atoms with Crippen LogP contribution in [0.3, 0.4) is 0 Å². The first-order chi connectivity index (χ1) is 2.91. The van der Waals surface area contributed by atoms with Gasteiger partial charge >= 0.3 is 22.4 Å². The van der Waals surface area contributed by atoms with Gasteiger partial charge in [-0.05, 0) is 12.8 Å². The zero-order valence-electron chi connectivity index (χ0n) is 4.42. The van der Waals surface area contributed by atoms with E-state index in [-0.39, 0.29) is 22.4 Å². The van der Waals surface area contributed by atoms with Crippen molar-refractivity contribution in [2.75, 3.05) is 0 Å². The molecule has 0 radical (unpaired) electrons. The average molecular weight is 278 g/mol. The maximum Gasteiger partial charge on any atom is 1.00 e. The van der Waals surface area contributed by atoms with E-state index in [1.165, 1.54) is 6.42 Å². The fourth-order valence-electron chi connectivity index (χ4n) is 0.265. The van der Waals surface area contributed by atoms with Gasteiger partial charge in [-0.15, -0.1) is 0 Å². The van der Waals surface area contributed by atoms with E-state index in [0.717, 1.165) is 12.8 Å². The molecule has 0 nitrogen and oxygen atoms in total. The zero-order valence-corrected chi connectivity index (χ0v) is 6.59. The second-order valence-electron chi connectivity index (χ2n) is 1.28. The minimum absolute atomic E-state index is 0. The van der Waals surface area contributed by atoms with E-state index in [4.69, 9.17) is 6.42 Å². The van der Waals surface area contributed by atoms with Crippen LogP contribution in [0.1, 0.15) is 26.2 Å². The fourth-order valence-corrected chi connectivity index (χ4v) is 0.265. The molecule has 0 fully saturated rings. The zero-order chi connectivity index (χ0) is 4.83. The molecule has 0 rings (SSSR count). The first kappa shape index (κ1) is 10.3. The van der Waals surface area contributed by atoms with Gasteiger partial charge in [0.2, 0.25) is 0 Å². The van der Waals surface area contributed by atoms with Gasteiger partial charge in [-0.25, -0.2) is 0 Å². The molecule has 0 bridgehead atoms. The summed E-state index contributed by atoms with van der Waals surface area (Å²) in [5, 5.41) is 0. The van der Waals surface area contributed by atoms with Crippen LogP contribution in [0.15, 0.2) is 0 Å². The summed E-state index contributed by atoms with van der Waals surface area (Å²) in [4.78, 5) is 0. The van der Waals surface area contributed by atoms with Crippen LogP contribution in [0.4, 0.5) is 0 Å². The molecule has 0 amide bonds. The molecule has 0 atom stereocenters.